The molecule has 0 saturated heterocycles. The molecule has 0 heterocycles. The van der Waals surface area contributed by atoms with Gasteiger partial charge < -0.3 is 4.74 Å². The number of hydrogen-bond acceptors (Lipinski definition) is 2. The molecule has 0 spiro atoms. The van der Waals surface area contributed by atoms with Gasteiger partial charge in [0.05, 0.1) is 6.61 Å². The molecule has 21 heavy (non-hydrogen) atoms. The van der Waals surface area contributed by atoms with E-state index in [-0.39, 0.29) is 5.97 Å². The minimum atomic E-state index is -0.117. The summed E-state index contributed by atoms with van der Waals surface area (Å²) in [6.45, 7) is 8.78. The van der Waals surface area contributed by atoms with Crippen molar-refractivity contribution in [1.82, 2.24) is 0 Å². The molecule has 0 saturated carbocycles. The SMILES string of the molecule is CCCCCCCCCCCCOC(=O)C(CC)=C(C)C. The summed E-state index contributed by atoms with van der Waals surface area (Å²) < 4.78 is 5.33. The fourth-order valence-electron chi connectivity index (χ4n) is 2.54. The van der Waals surface area contributed by atoms with Gasteiger partial charge in [-0.05, 0) is 26.7 Å². The Kier molecular flexibility index (Phi) is 13.6. The molecule has 0 aromatic rings. The fraction of sp³-hybridized carbons (Fsp3) is 0.842. The van der Waals surface area contributed by atoms with Crippen LogP contribution < -0.4 is 0 Å². The summed E-state index contributed by atoms with van der Waals surface area (Å²) in [6, 6.07) is 0. The first-order valence-corrected chi connectivity index (χ1v) is 8.96. The largest absolute Gasteiger partial charge is 0.462 e. The van der Waals surface area contributed by atoms with E-state index in [2.05, 4.69) is 6.92 Å². The Morgan fingerprint density at radius 3 is 1.67 bits per heavy atom. The lowest BCUT2D eigenvalue weighted by Gasteiger charge is -2.08. The quantitative estimate of drug-likeness (QED) is 0.230. The molecule has 0 amide bonds. The molecule has 0 aromatic heterocycles. The summed E-state index contributed by atoms with van der Waals surface area (Å²) in [5.41, 5.74) is 1.91. The third-order valence-electron chi connectivity index (χ3n) is 3.93. The van der Waals surface area contributed by atoms with Gasteiger partial charge in [-0.3, -0.25) is 0 Å². The standard InChI is InChI=1S/C19H36O2/c1-5-7-8-9-10-11-12-13-14-15-16-21-19(20)18(6-2)17(3)4/h5-16H2,1-4H3. The minimum Gasteiger partial charge on any atom is -0.462 e. The molecule has 0 unspecified atom stereocenters. The zero-order valence-electron chi connectivity index (χ0n) is 14.8. The van der Waals surface area contributed by atoms with Crippen molar-refractivity contribution in [3.05, 3.63) is 11.1 Å². The van der Waals surface area contributed by atoms with E-state index in [0.717, 1.165) is 24.0 Å². The van der Waals surface area contributed by atoms with Crippen molar-refractivity contribution in [2.75, 3.05) is 6.61 Å². The normalized spacial score (nSPS) is 10.5. The van der Waals surface area contributed by atoms with Gasteiger partial charge in [0.15, 0.2) is 0 Å². The molecular weight excluding hydrogens is 260 g/mol. The van der Waals surface area contributed by atoms with Gasteiger partial charge in [0.25, 0.3) is 0 Å². The van der Waals surface area contributed by atoms with Gasteiger partial charge in [0, 0.05) is 5.57 Å². The second-order valence-electron chi connectivity index (χ2n) is 6.15. The highest BCUT2D eigenvalue weighted by atomic mass is 16.5. The lowest BCUT2D eigenvalue weighted by molar-refractivity contribution is -0.139. The molecule has 0 aromatic carbocycles. The van der Waals surface area contributed by atoms with E-state index < -0.39 is 0 Å². The number of carbonyl (C=O) groups excluding carboxylic acids is 1. The van der Waals surface area contributed by atoms with Gasteiger partial charge in [0.1, 0.15) is 0 Å². The van der Waals surface area contributed by atoms with Gasteiger partial charge in [-0.2, -0.15) is 0 Å². The van der Waals surface area contributed by atoms with Crippen LogP contribution in [0.15, 0.2) is 11.1 Å². The lowest BCUT2D eigenvalue weighted by Crippen LogP contribution is -2.09. The highest BCUT2D eigenvalue weighted by Crippen LogP contribution is 2.12. The van der Waals surface area contributed by atoms with Crippen LogP contribution in [0.3, 0.4) is 0 Å². The Morgan fingerprint density at radius 1 is 0.762 bits per heavy atom. The number of rotatable bonds is 13. The summed E-state index contributed by atoms with van der Waals surface area (Å²) in [7, 11) is 0. The van der Waals surface area contributed by atoms with Gasteiger partial charge in [-0.15, -0.1) is 0 Å². The molecule has 0 atom stereocenters. The van der Waals surface area contributed by atoms with Gasteiger partial charge >= 0.3 is 5.97 Å². The molecule has 0 aliphatic heterocycles. The van der Waals surface area contributed by atoms with Crippen molar-refractivity contribution in [3.8, 4) is 0 Å². The molecular formula is C19H36O2. The van der Waals surface area contributed by atoms with Crippen molar-refractivity contribution in [3.63, 3.8) is 0 Å². The number of esters is 1. The molecule has 0 aliphatic carbocycles. The first-order chi connectivity index (χ1) is 10.1. The van der Waals surface area contributed by atoms with Gasteiger partial charge in [-0.25, -0.2) is 4.79 Å². The average Bonchev–Trinajstić information content (AvgIpc) is 2.45. The molecule has 0 aliphatic rings. The number of ether oxygens (including phenoxy) is 1. The highest BCUT2D eigenvalue weighted by molar-refractivity contribution is 5.89. The zero-order valence-corrected chi connectivity index (χ0v) is 14.8. The van der Waals surface area contributed by atoms with Crippen LogP contribution in [0.1, 0.15) is 98.3 Å². The second kappa shape index (κ2) is 14.2. The van der Waals surface area contributed by atoms with E-state index in [4.69, 9.17) is 4.74 Å². The van der Waals surface area contributed by atoms with Crippen LogP contribution in [0, 0.1) is 0 Å². The number of allylic oxidation sites excluding steroid dienone is 1. The molecule has 0 fully saturated rings. The van der Waals surface area contributed by atoms with Gasteiger partial charge in [0.2, 0.25) is 0 Å². The summed E-state index contributed by atoms with van der Waals surface area (Å²) in [4.78, 5) is 11.8. The fourth-order valence-corrected chi connectivity index (χ4v) is 2.54. The van der Waals surface area contributed by atoms with Crippen molar-refractivity contribution in [2.45, 2.75) is 98.3 Å². The number of carbonyl (C=O) groups is 1. The first kappa shape index (κ1) is 20.2. The summed E-state index contributed by atoms with van der Waals surface area (Å²) in [6.07, 6.45) is 13.8. The van der Waals surface area contributed by atoms with E-state index in [1.54, 1.807) is 0 Å². The first-order valence-electron chi connectivity index (χ1n) is 8.96. The molecule has 0 bridgehead atoms. The number of unbranched alkanes of at least 4 members (excludes halogenated alkanes) is 9. The Labute approximate surface area is 132 Å². The minimum absolute atomic E-state index is 0.117. The molecule has 2 nitrogen and oxygen atoms in total. The van der Waals surface area contributed by atoms with E-state index in [0.29, 0.717) is 6.61 Å². The van der Waals surface area contributed by atoms with E-state index >= 15 is 0 Å². The average molecular weight is 296 g/mol. The van der Waals surface area contributed by atoms with Crippen LogP contribution >= 0.6 is 0 Å². The second-order valence-corrected chi connectivity index (χ2v) is 6.15. The van der Waals surface area contributed by atoms with Crippen molar-refractivity contribution >= 4 is 5.97 Å². The number of hydrogen-bond donors (Lipinski definition) is 0. The lowest BCUT2D eigenvalue weighted by atomic mass is 10.1. The van der Waals surface area contributed by atoms with Crippen LogP contribution in [0.5, 0.6) is 0 Å². The zero-order chi connectivity index (χ0) is 15.9. The predicted molar refractivity (Wildman–Crippen MR) is 91.5 cm³/mol. The Morgan fingerprint density at radius 2 is 1.24 bits per heavy atom. The van der Waals surface area contributed by atoms with E-state index in [1.165, 1.54) is 57.8 Å². The predicted octanol–water partition coefficient (Wildman–Crippen LogP) is 6.20. The van der Waals surface area contributed by atoms with Crippen molar-refractivity contribution in [1.29, 1.82) is 0 Å². The third-order valence-corrected chi connectivity index (χ3v) is 3.93. The maximum absolute atomic E-state index is 11.8. The van der Waals surface area contributed by atoms with Crippen molar-refractivity contribution < 1.29 is 9.53 Å². The Bertz CT molecular complexity index is 288. The highest BCUT2D eigenvalue weighted by Gasteiger charge is 2.09. The van der Waals surface area contributed by atoms with Crippen LogP contribution in [-0.2, 0) is 9.53 Å². The molecule has 2 heteroatoms. The van der Waals surface area contributed by atoms with E-state index in [1.807, 2.05) is 20.8 Å². The topological polar surface area (TPSA) is 26.3 Å². The van der Waals surface area contributed by atoms with Crippen molar-refractivity contribution in [2.24, 2.45) is 0 Å². The molecule has 124 valence electrons. The maximum Gasteiger partial charge on any atom is 0.333 e. The van der Waals surface area contributed by atoms with Crippen LogP contribution in [0.4, 0.5) is 0 Å². The Balaban J connectivity index is 3.40. The van der Waals surface area contributed by atoms with E-state index in [9.17, 15) is 4.79 Å². The smallest absolute Gasteiger partial charge is 0.333 e. The summed E-state index contributed by atoms with van der Waals surface area (Å²) in [5, 5.41) is 0. The third kappa shape index (κ3) is 11.5. The maximum atomic E-state index is 11.8. The van der Waals surface area contributed by atoms with Crippen LogP contribution in [0.25, 0.3) is 0 Å². The van der Waals surface area contributed by atoms with Gasteiger partial charge in [-0.1, -0.05) is 77.2 Å². The van der Waals surface area contributed by atoms with Crippen LogP contribution in [-0.4, -0.2) is 12.6 Å². The summed E-state index contributed by atoms with van der Waals surface area (Å²) in [5.74, 6) is -0.117. The monoisotopic (exact) mass is 296 g/mol. The summed E-state index contributed by atoms with van der Waals surface area (Å²) >= 11 is 0. The molecule has 0 rings (SSSR count). The molecule has 0 radical (unpaired) electrons. The van der Waals surface area contributed by atoms with Crippen LogP contribution in [0.2, 0.25) is 0 Å². The Hall–Kier alpha value is -0.790. The molecule has 0 N–H and O–H groups in total.